The van der Waals surface area contributed by atoms with Crippen LogP contribution in [0.25, 0.3) is 11.0 Å². The average molecular weight is 488 g/mol. The zero-order valence-corrected chi connectivity index (χ0v) is 19.3. The molecule has 2 heterocycles. The van der Waals surface area contributed by atoms with Crippen LogP contribution in [0.3, 0.4) is 0 Å². The summed E-state index contributed by atoms with van der Waals surface area (Å²) in [6.07, 6.45) is 5.69. The monoisotopic (exact) mass is 488 g/mol. The van der Waals surface area contributed by atoms with Gasteiger partial charge in [-0.05, 0) is 32.6 Å². The van der Waals surface area contributed by atoms with Gasteiger partial charge in [-0.1, -0.05) is 13.8 Å². The van der Waals surface area contributed by atoms with Crippen LogP contribution in [0.2, 0.25) is 0 Å². The molecule has 0 aliphatic carbocycles. The zero-order chi connectivity index (χ0) is 18.9. The van der Waals surface area contributed by atoms with Crippen LogP contribution in [0.5, 0.6) is 0 Å². The zero-order valence-electron chi connectivity index (χ0n) is 17.0. The Balaban J connectivity index is 0.00000364. The molecule has 27 heavy (non-hydrogen) atoms. The van der Waals surface area contributed by atoms with E-state index in [0.29, 0.717) is 19.1 Å². The summed E-state index contributed by atoms with van der Waals surface area (Å²) in [4.78, 5) is 13.2. The second-order valence-electron chi connectivity index (χ2n) is 6.93. The number of rotatable bonds is 9. The van der Waals surface area contributed by atoms with Crippen LogP contribution in [0.15, 0.2) is 17.5 Å². The molecule has 1 unspecified atom stereocenters. The Morgan fingerprint density at radius 2 is 2.00 bits per heavy atom. The first-order valence-corrected chi connectivity index (χ1v) is 9.42. The van der Waals surface area contributed by atoms with Crippen molar-refractivity contribution in [3.63, 3.8) is 0 Å². The lowest BCUT2D eigenvalue weighted by molar-refractivity contribution is 0.489. The summed E-state index contributed by atoms with van der Waals surface area (Å²) in [5.41, 5.74) is 0.819. The standard InChI is InChI=1S/C18H32N8.HI/c1-6-19-18(25-14(4)8-7-13(2)3)21-10-9-20-16-15-11-24-26(5)17(15)23-12-22-16;/h11-14H,6-10H2,1-5H3,(H2,19,21,25)(H,20,22,23);1H. The van der Waals surface area contributed by atoms with E-state index in [1.54, 1.807) is 17.2 Å². The average Bonchev–Trinajstić information content (AvgIpc) is 2.99. The first kappa shape index (κ1) is 23.4. The Bertz CT molecular complexity index is 712. The highest BCUT2D eigenvalue weighted by molar-refractivity contribution is 14.0. The smallest absolute Gasteiger partial charge is 0.191 e. The molecule has 1 atom stereocenters. The minimum absolute atomic E-state index is 0. The molecule has 8 nitrogen and oxygen atoms in total. The molecule has 152 valence electrons. The third-order valence-electron chi connectivity index (χ3n) is 4.11. The van der Waals surface area contributed by atoms with E-state index < -0.39 is 0 Å². The molecule has 9 heteroatoms. The lowest BCUT2D eigenvalue weighted by atomic mass is 10.0. The van der Waals surface area contributed by atoms with Gasteiger partial charge >= 0.3 is 0 Å². The molecule has 0 aliphatic heterocycles. The van der Waals surface area contributed by atoms with E-state index in [0.717, 1.165) is 41.7 Å². The van der Waals surface area contributed by atoms with Crippen molar-refractivity contribution in [1.29, 1.82) is 0 Å². The van der Waals surface area contributed by atoms with Crippen molar-refractivity contribution in [3.05, 3.63) is 12.5 Å². The Labute approximate surface area is 179 Å². The molecule has 0 saturated carbocycles. The van der Waals surface area contributed by atoms with Gasteiger partial charge in [-0.25, -0.2) is 9.97 Å². The largest absolute Gasteiger partial charge is 0.367 e. The Hall–Kier alpha value is -1.65. The number of nitrogens with zero attached hydrogens (tertiary/aromatic N) is 5. The van der Waals surface area contributed by atoms with Gasteiger partial charge < -0.3 is 16.0 Å². The lowest BCUT2D eigenvalue weighted by Crippen LogP contribution is -2.42. The third-order valence-corrected chi connectivity index (χ3v) is 4.11. The summed E-state index contributed by atoms with van der Waals surface area (Å²) < 4.78 is 1.74. The predicted molar refractivity (Wildman–Crippen MR) is 123 cm³/mol. The minimum atomic E-state index is 0. The molecule has 2 aromatic rings. The maximum atomic E-state index is 4.65. The Morgan fingerprint density at radius 1 is 1.22 bits per heavy atom. The van der Waals surface area contributed by atoms with Gasteiger partial charge in [-0.15, -0.1) is 24.0 Å². The summed E-state index contributed by atoms with van der Waals surface area (Å²) in [5, 5.41) is 15.3. The number of halogens is 1. The second kappa shape index (κ2) is 11.9. The fourth-order valence-corrected chi connectivity index (χ4v) is 2.65. The second-order valence-corrected chi connectivity index (χ2v) is 6.93. The van der Waals surface area contributed by atoms with Gasteiger partial charge in [0, 0.05) is 26.2 Å². The number of fused-ring (bicyclic) bond motifs is 1. The molecule has 0 saturated heterocycles. The topological polar surface area (TPSA) is 92.1 Å². The van der Waals surface area contributed by atoms with Crippen molar-refractivity contribution < 1.29 is 0 Å². The molecule has 2 rings (SSSR count). The first-order chi connectivity index (χ1) is 12.5. The Morgan fingerprint density at radius 3 is 2.70 bits per heavy atom. The van der Waals surface area contributed by atoms with E-state index in [1.807, 2.05) is 7.05 Å². The quantitative estimate of drug-likeness (QED) is 0.218. The molecule has 0 radical (unpaired) electrons. The van der Waals surface area contributed by atoms with Crippen molar-refractivity contribution in [2.24, 2.45) is 18.0 Å². The SMILES string of the molecule is CCNC(=NCCNc1ncnc2c1cnn2C)NC(C)CCC(C)C.I. The van der Waals surface area contributed by atoms with Gasteiger partial charge in [0.2, 0.25) is 0 Å². The molecule has 0 amide bonds. The van der Waals surface area contributed by atoms with E-state index >= 15 is 0 Å². The summed E-state index contributed by atoms with van der Waals surface area (Å²) in [7, 11) is 1.87. The van der Waals surface area contributed by atoms with Crippen molar-refractivity contribution in [2.45, 2.75) is 46.6 Å². The molecular weight excluding hydrogens is 455 g/mol. The number of nitrogens with one attached hydrogen (secondary N) is 3. The highest BCUT2D eigenvalue weighted by Gasteiger charge is 2.08. The maximum absolute atomic E-state index is 4.65. The fourth-order valence-electron chi connectivity index (χ4n) is 2.65. The highest BCUT2D eigenvalue weighted by atomic mass is 127. The normalized spacial score (nSPS) is 12.7. The molecule has 0 bridgehead atoms. The molecule has 0 spiro atoms. The predicted octanol–water partition coefficient (Wildman–Crippen LogP) is 2.77. The van der Waals surface area contributed by atoms with Gasteiger partial charge in [-0.2, -0.15) is 5.10 Å². The van der Waals surface area contributed by atoms with Crippen LogP contribution in [-0.4, -0.2) is 51.4 Å². The third kappa shape index (κ3) is 7.47. The van der Waals surface area contributed by atoms with E-state index in [2.05, 4.69) is 63.7 Å². The molecule has 3 N–H and O–H groups in total. The van der Waals surface area contributed by atoms with Crippen LogP contribution in [0.1, 0.15) is 40.5 Å². The van der Waals surface area contributed by atoms with Gasteiger partial charge in [0.1, 0.15) is 12.1 Å². The number of aromatic nitrogens is 4. The highest BCUT2D eigenvalue weighted by Crippen LogP contribution is 2.17. The minimum Gasteiger partial charge on any atom is -0.367 e. The Kier molecular flexibility index (Phi) is 10.3. The van der Waals surface area contributed by atoms with Gasteiger partial charge in [0.25, 0.3) is 0 Å². The van der Waals surface area contributed by atoms with Gasteiger partial charge in [0.05, 0.1) is 18.1 Å². The van der Waals surface area contributed by atoms with E-state index in [-0.39, 0.29) is 24.0 Å². The van der Waals surface area contributed by atoms with Crippen molar-refractivity contribution >= 4 is 46.8 Å². The molecule has 0 fully saturated rings. The number of hydrogen-bond donors (Lipinski definition) is 3. The first-order valence-electron chi connectivity index (χ1n) is 9.42. The molecule has 0 aliphatic rings. The van der Waals surface area contributed by atoms with Gasteiger partial charge in [0.15, 0.2) is 11.6 Å². The summed E-state index contributed by atoms with van der Waals surface area (Å²) in [5.74, 6) is 2.38. The molecule has 2 aromatic heterocycles. The van der Waals surface area contributed by atoms with Crippen LogP contribution >= 0.6 is 24.0 Å². The molecule has 0 aromatic carbocycles. The fraction of sp³-hybridized carbons (Fsp3) is 0.667. The van der Waals surface area contributed by atoms with E-state index in [4.69, 9.17) is 0 Å². The van der Waals surface area contributed by atoms with Crippen molar-refractivity contribution in [1.82, 2.24) is 30.4 Å². The maximum Gasteiger partial charge on any atom is 0.191 e. The summed E-state index contributed by atoms with van der Waals surface area (Å²) in [6.45, 7) is 11.0. The van der Waals surface area contributed by atoms with Crippen molar-refractivity contribution in [2.75, 3.05) is 25.0 Å². The number of hydrogen-bond acceptors (Lipinski definition) is 5. The molecular formula is C18H33IN8. The van der Waals surface area contributed by atoms with Crippen LogP contribution in [-0.2, 0) is 7.05 Å². The lowest BCUT2D eigenvalue weighted by Gasteiger charge is -2.18. The van der Waals surface area contributed by atoms with E-state index in [1.165, 1.54) is 6.42 Å². The number of aryl methyl sites for hydroxylation is 1. The van der Waals surface area contributed by atoms with E-state index in [9.17, 15) is 0 Å². The number of aliphatic imine (C=N–C) groups is 1. The van der Waals surface area contributed by atoms with Crippen molar-refractivity contribution in [3.8, 4) is 0 Å². The summed E-state index contributed by atoms with van der Waals surface area (Å²) in [6, 6.07) is 0.403. The summed E-state index contributed by atoms with van der Waals surface area (Å²) >= 11 is 0. The van der Waals surface area contributed by atoms with Crippen LogP contribution in [0.4, 0.5) is 5.82 Å². The van der Waals surface area contributed by atoms with Crippen LogP contribution in [0, 0.1) is 5.92 Å². The van der Waals surface area contributed by atoms with Gasteiger partial charge in [-0.3, -0.25) is 9.67 Å². The number of guanidine groups is 1. The number of anilines is 1. The van der Waals surface area contributed by atoms with Crippen LogP contribution < -0.4 is 16.0 Å².